The highest BCUT2D eigenvalue weighted by atomic mass is 16.4. The van der Waals surface area contributed by atoms with Crippen molar-refractivity contribution in [1.82, 2.24) is 14.7 Å². The smallest absolute Gasteiger partial charge is 0.329 e. The van der Waals surface area contributed by atoms with Crippen molar-refractivity contribution in [3.63, 3.8) is 0 Å². The van der Waals surface area contributed by atoms with Crippen LogP contribution < -0.4 is 5.32 Å². The molecule has 2 aromatic heterocycles. The Morgan fingerprint density at radius 1 is 1.33 bits per heavy atom. The molecule has 2 rings (SSSR count). The first-order valence-electron chi connectivity index (χ1n) is 6.94. The molecule has 0 saturated heterocycles. The molecule has 2 N–H and O–H groups in total. The van der Waals surface area contributed by atoms with Crippen molar-refractivity contribution in [3.8, 4) is 0 Å². The topological polar surface area (TPSA) is 83.7 Å². The monoisotopic (exact) mass is 289 g/mol. The summed E-state index contributed by atoms with van der Waals surface area (Å²) in [6.07, 6.45) is 2.26. The van der Waals surface area contributed by atoms with Crippen molar-refractivity contribution in [2.75, 3.05) is 0 Å². The molecule has 6 nitrogen and oxygen atoms in total. The number of aryl methyl sites for hydroxylation is 1. The number of amides is 1. The van der Waals surface area contributed by atoms with Crippen LogP contribution in [0.15, 0.2) is 24.4 Å². The van der Waals surface area contributed by atoms with E-state index in [1.165, 1.54) is 0 Å². The predicted octanol–water partition coefficient (Wildman–Crippen LogP) is 2.02. The van der Waals surface area contributed by atoms with Crippen molar-refractivity contribution >= 4 is 17.5 Å². The third-order valence-electron chi connectivity index (χ3n) is 3.90. The molecule has 0 bridgehead atoms. The number of nitrogens with one attached hydrogen (secondary N) is 1. The number of aromatic nitrogens is 2. The highest BCUT2D eigenvalue weighted by molar-refractivity contribution is 5.96. The van der Waals surface area contributed by atoms with Gasteiger partial charge in [-0.25, -0.2) is 9.78 Å². The molecule has 0 aliphatic heterocycles. The first-order valence-corrected chi connectivity index (χ1v) is 6.94. The fourth-order valence-corrected chi connectivity index (χ4v) is 2.32. The van der Waals surface area contributed by atoms with E-state index in [9.17, 15) is 14.7 Å². The number of hydrogen-bond acceptors (Lipinski definition) is 3. The summed E-state index contributed by atoms with van der Waals surface area (Å²) in [6.45, 7) is 5.40. The van der Waals surface area contributed by atoms with Gasteiger partial charge in [0, 0.05) is 11.9 Å². The number of hydrogen-bond donors (Lipinski definition) is 2. The van der Waals surface area contributed by atoms with E-state index in [-0.39, 0.29) is 5.69 Å². The minimum absolute atomic E-state index is 0.219. The van der Waals surface area contributed by atoms with Crippen LogP contribution in [0, 0.1) is 6.92 Å². The Hall–Kier alpha value is -2.37. The Balaban J connectivity index is 2.34. The second-order valence-electron chi connectivity index (χ2n) is 5.07. The molecular formula is C15H19N3O3. The maximum absolute atomic E-state index is 12.3. The SMILES string of the molecule is CCC(CC)(NC(=O)c1cn2c(C)cccc2n1)C(=O)O. The number of fused-ring (bicyclic) bond motifs is 1. The van der Waals surface area contributed by atoms with E-state index in [1.54, 1.807) is 30.5 Å². The zero-order chi connectivity index (χ0) is 15.6. The number of aliphatic carboxylic acids is 1. The van der Waals surface area contributed by atoms with Crippen molar-refractivity contribution < 1.29 is 14.7 Å². The number of carboxylic acid groups (broad SMARTS) is 1. The summed E-state index contributed by atoms with van der Waals surface area (Å²) < 4.78 is 1.80. The molecule has 0 radical (unpaired) electrons. The van der Waals surface area contributed by atoms with E-state index < -0.39 is 17.4 Å². The van der Waals surface area contributed by atoms with E-state index in [4.69, 9.17) is 0 Å². The van der Waals surface area contributed by atoms with Gasteiger partial charge in [-0.1, -0.05) is 19.9 Å². The summed E-state index contributed by atoms with van der Waals surface area (Å²) in [7, 11) is 0. The minimum atomic E-state index is -1.25. The molecule has 6 heteroatoms. The van der Waals surface area contributed by atoms with Crippen LogP contribution in [0.2, 0.25) is 0 Å². The van der Waals surface area contributed by atoms with Gasteiger partial charge in [0.2, 0.25) is 0 Å². The fourth-order valence-electron chi connectivity index (χ4n) is 2.32. The second kappa shape index (κ2) is 5.55. The highest BCUT2D eigenvalue weighted by Crippen LogP contribution is 2.17. The van der Waals surface area contributed by atoms with E-state index in [0.29, 0.717) is 18.5 Å². The van der Waals surface area contributed by atoms with Gasteiger partial charge < -0.3 is 14.8 Å². The van der Waals surface area contributed by atoms with Crippen molar-refractivity contribution in [2.45, 2.75) is 39.2 Å². The van der Waals surface area contributed by atoms with Gasteiger partial charge in [0.1, 0.15) is 16.9 Å². The van der Waals surface area contributed by atoms with E-state index in [1.807, 2.05) is 19.1 Å². The molecule has 0 atom stereocenters. The van der Waals surface area contributed by atoms with Crippen LogP contribution >= 0.6 is 0 Å². The number of nitrogens with zero attached hydrogens (tertiary/aromatic N) is 2. The van der Waals surface area contributed by atoms with E-state index in [2.05, 4.69) is 10.3 Å². The van der Waals surface area contributed by atoms with Gasteiger partial charge >= 0.3 is 5.97 Å². The summed E-state index contributed by atoms with van der Waals surface area (Å²) in [5.74, 6) is -1.50. The molecule has 0 aliphatic rings. The zero-order valence-electron chi connectivity index (χ0n) is 12.4. The number of imidazole rings is 1. The molecule has 112 valence electrons. The maximum Gasteiger partial charge on any atom is 0.329 e. The Kier molecular flexibility index (Phi) is 3.97. The zero-order valence-corrected chi connectivity index (χ0v) is 12.4. The van der Waals surface area contributed by atoms with Crippen LogP contribution in [0.3, 0.4) is 0 Å². The van der Waals surface area contributed by atoms with E-state index in [0.717, 1.165) is 5.69 Å². The molecule has 0 spiro atoms. The maximum atomic E-state index is 12.3. The molecule has 0 fully saturated rings. The summed E-state index contributed by atoms with van der Waals surface area (Å²) in [4.78, 5) is 28.0. The van der Waals surface area contributed by atoms with Gasteiger partial charge in [0.05, 0.1) is 0 Å². The van der Waals surface area contributed by atoms with Crippen molar-refractivity contribution in [2.24, 2.45) is 0 Å². The Morgan fingerprint density at radius 3 is 2.52 bits per heavy atom. The number of pyridine rings is 1. The number of rotatable bonds is 5. The molecule has 0 aliphatic carbocycles. The summed E-state index contributed by atoms with van der Waals surface area (Å²) in [5, 5.41) is 12.0. The molecule has 0 unspecified atom stereocenters. The lowest BCUT2D eigenvalue weighted by molar-refractivity contribution is -0.144. The summed E-state index contributed by atoms with van der Waals surface area (Å²) in [5.41, 5.74) is 0.586. The number of carboxylic acids is 1. The molecule has 2 aromatic rings. The predicted molar refractivity (Wildman–Crippen MR) is 78.3 cm³/mol. The third-order valence-corrected chi connectivity index (χ3v) is 3.90. The van der Waals surface area contributed by atoms with Gasteiger partial charge in [0.15, 0.2) is 0 Å². The normalized spacial score (nSPS) is 11.6. The highest BCUT2D eigenvalue weighted by Gasteiger charge is 2.37. The van der Waals surface area contributed by atoms with Gasteiger partial charge in [-0.3, -0.25) is 4.79 Å². The van der Waals surface area contributed by atoms with Crippen LogP contribution in [-0.4, -0.2) is 31.9 Å². The fraction of sp³-hybridized carbons (Fsp3) is 0.400. The lowest BCUT2D eigenvalue weighted by atomic mass is 9.93. The van der Waals surface area contributed by atoms with Crippen molar-refractivity contribution in [3.05, 3.63) is 35.8 Å². The molecule has 2 heterocycles. The van der Waals surface area contributed by atoms with Gasteiger partial charge in [-0.2, -0.15) is 0 Å². The Bertz CT molecular complexity index is 687. The van der Waals surface area contributed by atoms with Gasteiger partial charge in [0.25, 0.3) is 5.91 Å². The lowest BCUT2D eigenvalue weighted by Crippen LogP contribution is -2.53. The largest absolute Gasteiger partial charge is 0.480 e. The third kappa shape index (κ3) is 2.61. The standard InChI is InChI=1S/C15H19N3O3/c1-4-15(5-2,14(20)21)17-13(19)11-9-18-10(3)7-6-8-12(18)16-11/h6-9H,4-5H2,1-3H3,(H,17,19)(H,20,21). The number of carbonyl (C=O) groups excluding carboxylic acids is 1. The molecule has 21 heavy (non-hydrogen) atoms. The lowest BCUT2D eigenvalue weighted by Gasteiger charge is -2.27. The van der Waals surface area contributed by atoms with Crippen LogP contribution in [0.5, 0.6) is 0 Å². The van der Waals surface area contributed by atoms with Crippen LogP contribution in [0.25, 0.3) is 5.65 Å². The molecule has 0 saturated carbocycles. The van der Waals surface area contributed by atoms with Crippen LogP contribution in [-0.2, 0) is 4.79 Å². The van der Waals surface area contributed by atoms with Crippen LogP contribution in [0.1, 0.15) is 42.9 Å². The average Bonchev–Trinajstić information content (AvgIpc) is 2.90. The molecular weight excluding hydrogens is 270 g/mol. The second-order valence-corrected chi connectivity index (χ2v) is 5.07. The Labute approximate surface area is 122 Å². The Morgan fingerprint density at radius 2 is 2.00 bits per heavy atom. The van der Waals surface area contributed by atoms with Crippen LogP contribution in [0.4, 0.5) is 0 Å². The average molecular weight is 289 g/mol. The summed E-state index contributed by atoms with van der Waals surface area (Å²) >= 11 is 0. The number of carbonyl (C=O) groups is 2. The first-order chi connectivity index (χ1) is 9.93. The molecule has 1 amide bonds. The minimum Gasteiger partial charge on any atom is -0.480 e. The van der Waals surface area contributed by atoms with E-state index >= 15 is 0 Å². The van der Waals surface area contributed by atoms with Gasteiger partial charge in [-0.15, -0.1) is 0 Å². The molecule has 0 aromatic carbocycles. The first kappa shape index (κ1) is 15.0. The quantitative estimate of drug-likeness (QED) is 0.882. The van der Waals surface area contributed by atoms with Gasteiger partial charge in [-0.05, 0) is 31.9 Å². The van der Waals surface area contributed by atoms with Crippen molar-refractivity contribution in [1.29, 1.82) is 0 Å². The summed E-state index contributed by atoms with van der Waals surface area (Å²) in [6, 6.07) is 5.57.